The molecule has 0 aliphatic rings. The van der Waals surface area contributed by atoms with Crippen molar-refractivity contribution in [3.8, 4) is 0 Å². The molecule has 0 bridgehead atoms. The summed E-state index contributed by atoms with van der Waals surface area (Å²) in [5.41, 5.74) is 0.968. The molecule has 28 heavy (non-hydrogen) atoms. The zero-order chi connectivity index (χ0) is 20.9. The van der Waals surface area contributed by atoms with Crippen molar-refractivity contribution in [2.24, 2.45) is 0 Å². The van der Waals surface area contributed by atoms with Crippen molar-refractivity contribution in [2.45, 2.75) is 44.1 Å². The van der Waals surface area contributed by atoms with Crippen molar-refractivity contribution in [3.63, 3.8) is 0 Å². The Bertz CT molecular complexity index is 913. The molecule has 0 aliphatic heterocycles. The molecule has 2 rings (SSSR count). The summed E-state index contributed by atoms with van der Waals surface area (Å²) in [7, 11) is -4.09. The van der Waals surface area contributed by atoms with Gasteiger partial charge in [0.05, 0.1) is 11.4 Å². The number of benzene rings is 2. The summed E-state index contributed by atoms with van der Waals surface area (Å²) in [6.45, 7) is 10.7. The molecule has 2 aromatic rings. The normalized spacial score (nSPS) is 12.9. The lowest BCUT2D eigenvalue weighted by atomic mass is 9.99. The number of carbonyl (C=O) groups excluding carboxylic acids is 1. The standard InChI is InChI=1S/C22H27NO4S/c1-6-18(19-10-8-7-9-11-19)16-23(21(24)27-22(3,4)5)28(25,26)20-14-12-17(2)13-15-20/h6-15,18H,1,16H2,2-5H3/t18-/m0/s1. The third-order valence-electron chi connectivity index (χ3n) is 4.08. The SMILES string of the molecule is C=C[C@@H](CN(C(=O)OC(C)(C)C)S(=O)(=O)c1ccc(C)cc1)c1ccccc1. The quantitative estimate of drug-likeness (QED) is 0.647. The van der Waals surface area contributed by atoms with Crippen LogP contribution in [0.4, 0.5) is 4.79 Å². The molecular formula is C22H27NO4S. The van der Waals surface area contributed by atoms with E-state index >= 15 is 0 Å². The summed E-state index contributed by atoms with van der Waals surface area (Å²) in [5, 5.41) is 0. The van der Waals surface area contributed by atoms with Gasteiger partial charge in [0.25, 0.3) is 10.0 Å². The van der Waals surface area contributed by atoms with Crippen LogP contribution >= 0.6 is 0 Å². The Morgan fingerprint density at radius 3 is 2.18 bits per heavy atom. The fourth-order valence-electron chi connectivity index (χ4n) is 2.62. The summed E-state index contributed by atoms with van der Waals surface area (Å²) >= 11 is 0. The monoisotopic (exact) mass is 401 g/mol. The highest BCUT2D eigenvalue weighted by atomic mass is 32.2. The van der Waals surface area contributed by atoms with Gasteiger partial charge in [-0.15, -0.1) is 6.58 Å². The van der Waals surface area contributed by atoms with Crippen LogP contribution in [0, 0.1) is 6.92 Å². The van der Waals surface area contributed by atoms with Crippen molar-refractivity contribution in [1.29, 1.82) is 0 Å². The third-order valence-corrected chi connectivity index (χ3v) is 5.83. The lowest BCUT2D eigenvalue weighted by molar-refractivity contribution is 0.0388. The summed E-state index contributed by atoms with van der Waals surface area (Å²) in [6, 6.07) is 15.7. The predicted octanol–water partition coefficient (Wildman–Crippen LogP) is 4.89. The van der Waals surface area contributed by atoms with E-state index in [1.165, 1.54) is 12.1 Å². The molecule has 0 aliphatic carbocycles. The molecule has 0 radical (unpaired) electrons. The molecule has 2 aromatic carbocycles. The molecular weight excluding hydrogens is 374 g/mol. The van der Waals surface area contributed by atoms with Gasteiger partial charge in [0.1, 0.15) is 5.60 Å². The molecule has 0 saturated heterocycles. The van der Waals surface area contributed by atoms with Gasteiger partial charge in [-0.05, 0) is 45.4 Å². The van der Waals surface area contributed by atoms with E-state index in [1.807, 2.05) is 37.3 Å². The smallest absolute Gasteiger partial charge is 0.424 e. The Labute approximate surface area is 167 Å². The maximum Gasteiger partial charge on any atom is 0.424 e. The number of ether oxygens (including phenoxy) is 1. The lowest BCUT2D eigenvalue weighted by Crippen LogP contribution is -2.42. The Balaban J connectivity index is 2.45. The van der Waals surface area contributed by atoms with Crippen LogP contribution in [0.3, 0.4) is 0 Å². The highest BCUT2D eigenvalue weighted by Crippen LogP contribution is 2.25. The zero-order valence-electron chi connectivity index (χ0n) is 16.8. The Morgan fingerprint density at radius 2 is 1.68 bits per heavy atom. The third kappa shape index (κ3) is 5.45. The van der Waals surface area contributed by atoms with Crippen LogP contribution in [0.1, 0.15) is 37.8 Å². The Hall–Kier alpha value is -2.60. The Morgan fingerprint density at radius 1 is 1.11 bits per heavy atom. The van der Waals surface area contributed by atoms with Crippen LogP contribution in [-0.2, 0) is 14.8 Å². The lowest BCUT2D eigenvalue weighted by Gasteiger charge is -2.29. The van der Waals surface area contributed by atoms with Crippen LogP contribution in [0.15, 0.2) is 72.1 Å². The zero-order valence-corrected chi connectivity index (χ0v) is 17.6. The molecule has 0 saturated carbocycles. The molecule has 1 amide bonds. The number of hydrogen-bond donors (Lipinski definition) is 0. The van der Waals surface area contributed by atoms with Crippen molar-refractivity contribution >= 4 is 16.1 Å². The number of rotatable bonds is 6. The highest BCUT2D eigenvalue weighted by Gasteiger charge is 2.34. The summed E-state index contributed by atoms with van der Waals surface area (Å²) in [5.74, 6) is -0.367. The van der Waals surface area contributed by atoms with E-state index < -0.39 is 21.7 Å². The van der Waals surface area contributed by atoms with Crippen molar-refractivity contribution in [3.05, 3.63) is 78.4 Å². The molecule has 0 fully saturated rings. The molecule has 0 spiro atoms. The minimum Gasteiger partial charge on any atom is -0.443 e. The number of carbonyl (C=O) groups is 1. The molecule has 1 atom stereocenters. The van der Waals surface area contributed by atoms with E-state index in [2.05, 4.69) is 6.58 Å². The van der Waals surface area contributed by atoms with Crippen molar-refractivity contribution < 1.29 is 17.9 Å². The van der Waals surface area contributed by atoms with E-state index in [-0.39, 0.29) is 17.4 Å². The molecule has 5 nitrogen and oxygen atoms in total. The molecule has 0 aromatic heterocycles. The van der Waals surface area contributed by atoms with Gasteiger partial charge in [0, 0.05) is 5.92 Å². The van der Waals surface area contributed by atoms with Gasteiger partial charge >= 0.3 is 6.09 Å². The van der Waals surface area contributed by atoms with Gasteiger partial charge in [0.2, 0.25) is 0 Å². The maximum absolute atomic E-state index is 13.2. The van der Waals surface area contributed by atoms with Crippen molar-refractivity contribution in [2.75, 3.05) is 6.54 Å². The highest BCUT2D eigenvalue weighted by molar-refractivity contribution is 7.89. The first kappa shape index (κ1) is 21.7. The van der Waals surface area contributed by atoms with Crippen LogP contribution in [0.2, 0.25) is 0 Å². The predicted molar refractivity (Wildman–Crippen MR) is 111 cm³/mol. The molecule has 0 heterocycles. The van der Waals surface area contributed by atoms with Crippen LogP contribution in [0.25, 0.3) is 0 Å². The second-order valence-electron chi connectivity index (χ2n) is 7.58. The molecule has 0 N–H and O–H groups in total. The van der Waals surface area contributed by atoms with Gasteiger partial charge in [-0.1, -0.05) is 54.1 Å². The molecule has 0 unspecified atom stereocenters. The van der Waals surface area contributed by atoms with Gasteiger partial charge in [-0.3, -0.25) is 0 Å². The van der Waals surface area contributed by atoms with Crippen molar-refractivity contribution in [1.82, 2.24) is 4.31 Å². The van der Waals surface area contributed by atoms with E-state index in [1.54, 1.807) is 39.0 Å². The number of aryl methyl sites for hydroxylation is 1. The van der Waals surface area contributed by atoms with Crippen LogP contribution in [0.5, 0.6) is 0 Å². The topological polar surface area (TPSA) is 63.7 Å². The van der Waals surface area contributed by atoms with Gasteiger partial charge < -0.3 is 4.74 Å². The summed E-state index contributed by atoms with van der Waals surface area (Å²) in [6.07, 6.45) is 0.730. The van der Waals surface area contributed by atoms with Gasteiger partial charge in [-0.25, -0.2) is 13.2 Å². The summed E-state index contributed by atoms with van der Waals surface area (Å²) in [4.78, 5) is 12.9. The second-order valence-corrected chi connectivity index (χ2v) is 9.44. The molecule has 6 heteroatoms. The van der Waals surface area contributed by atoms with E-state index in [4.69, 9.17) is 4.74 Å². The average molecular weight is 402 g/mol. The first-order chi connectivity index (χ1) is 13.0. The number of amides is 1. The van der Waals surface area contributed by atoms with E-state index in [0.29, 0.717) is 0 Å². The van der Waals surface area contributed by atoms with E-state index in [9.17, 15) is 13.2 Å². The van der Waals surface area contributed by atoms with Crippen LogP contribution < -0.4 is 0 Å². The maximum atomic E-state index is 13.2. The minimum absolute atomic E-state index is 0.0415. The number of sulfonamides is 1. The summed E-state index contributed by atoms with van der Waals surface area (Å²) < 4.78 is 32.7. The average Bonchev–Trinajstić information content (AvgIpc) is 2.62. The number of hydrogen-bond acceptors (Lipinski definition) is 4. The van der Waals surface area contributed by atoms with Crippen LogP contribution in [-0.4, -0.2) is 31.0 Å². The largest absolute Gasteiger partial charge is 0.443 e. The Kier molecular flexibility index (Phi) is 6.67. The first-order valence-corrected chi connectivity index (χ1v) is 10.5. The first-order valence-electron chi connectivity index (χ1n) is 9.04. The second kappa shape index (κ2) is 8.61. The van der Waals surface area contributed by atoms with Gasteiger partial charge in [-0.2, -0.15) is 4.31 Å². The fourth-order valence-corrected chi connectivity index (χ4v) is 3.94. The fraction of sp³-hybridized carbons (Fsp3) is 0.318. The van der Waals surface area contributed by atoms with Gasteiger partial charge in [0.15, 0.2) is 0 Å². The molecule has 150 valence electrons. The van der Waals surface area contributed by atoms with E-state index in [0.717, 1.165) is 15.4 Å². The minimum atomic E-state index is -4.09. The number of nitrogens with zero attached hydrogens (tertiary/aromatic N) is 1.